The summed E-state index contributed by atoms with van der Waals surface area (Å²) in [5, 5.41) is 8.75. The van der Waals surface area contributed by atoms with Gasteiger partial charge in [-0.25, -0.2) is 23.2 Å². The van der Waals surface area contributed by atoms with Crippen LogP contribution in [-0.4, -0.2) is 23.2 Å². The van der Waals surface area contributed by atoms with Gasteiger partial charge in [-0.15, -0.1) is 0 Å². The maximum absolute atomic E-state index is 13.3. The number of nitrogens with two attached hydrogens (primary N) is 1. The number of sulfonamides is 1. The lowest BCUT2D eigenvalue weighted by atomic mass is 10.1. The van der Waals surface area contributed by atoms with Crippen LogP contribution >= 0.6 is 0 Å². The van der Waals surface area contributed by atoms with Gasteiger partial charge in [-0.2, -0.15) is 18.3 Å². The minimum atomic E-state index is -4.65. The first kappa shape index (κ1) is 19.9. The molecule has 0 atom stereocenters. The number of alkyl halides is 3. The van der Waals surface area contributed by atoms with Gasteiger partial charge in [-0.1, -0.05) is 24.3 Å². The third-order valence-electron chi connectivity index (χ3n) is 4.32. The molecule has 2 heterocycles. The van der Waals surface area contributed by atoms with Gasteiger partial charge in [0.1, 0.15) is 12.0 Å². The fraction of sp³-hybridized carbons (Fsp3) is 0.0526. The van der Waals surface area contributed by atoms with Crippen LogP contribution in [0.15, 0.2) is 76.6 Å². The molecule has 2 aromatic heterocycles. The molecule has 0 bridgehead atoms. The number of hydrogen-bond donors (Lipinski definition) is 1. The van der Waals surface area contributed by atoms with Gasteiger partial charge < -0.3 is 4.42 Å². The van der Waals surface area contributed by atoms with E-state index < -0.39 is 21.9 Å². The molecule has 4 rings (SSSR count). The number of aromatic nitrogens is 3. The molecule has 0 amide bonds. The second-order valence-corrected chi connectivity index (χ2v) is 7.88. The van der Waals surface area contributed by atoms with E-state index in [1.807, 2.05) is 0 Å². The molecule has 154 valence electrons. The van der Waals surface area contributed by atoms with Gasteiger partial charge in [0.25, 0.3) is 0 Å². The molecule has 30 heavy (non-hydrogen) atoms. The quantitative estimate of drug-likeness (QED) is 0.525. The van der Waals surface area contributed by atoms with E-state index in [0.717, 1.165) is 16.3 Å². The van der Waals surface area contributed by atoms with Crippen molar-refractivity contribution in [3.05, 3.63) is 72.9 Å². The van der Waals surface area contributed by atoms with Crippen LogP contribution in [0.4, 0.5) is 13.2 Å². The van der Waals surface area contributed by atoms with E-state index in [1.165, 1.54) is 36.9 Å². The van der Waals surface area contributed by atoms with Crippen molar-refractivity contribution in [2.75, 3.05) is 0 Å². The van der Waals surface area contributed by atoms with E-state index in [2.05, 4.69) is 10.1 Å². The molecule has 0 aliphatic rings. The monoisotopic (exact) mass is 434 g/mol. The van der Waals surface area contributed by atoms with E-state index in [9.17, 15) is 21.6 Å². The molecule has 11 heteroatoms. The van der Waals surface area contributed by atoms with Gasteiger partial charge in [0.15, 0.2) is 12.1 Å². The maximum Gasteiger partial charge on any atom is 0.435 e. The van der Waals surface area contributed by atoms with E-state index >= 15 is 0 Å². The lowest BCUT2D eigenvalue weighted by Gasteiger charge is -2.09. The van der Waals surface area contributed by atoms with Crippen LogP contribution in [0.1, 0.15) is 5.69 Å². The highest BCUT2D eigenvalue weighted by molar-refractivity contribution is 7.89. The molecule has 2 aromatic carbocycles. The zero-order chi connectivity index (χ0) is 21.5. The summed E-state index contributed by atoms with van der Waals surface area (Å²) >= 11 is 0. The van der Waals surface area contributed by atoms with Crippen LogP contribution in [-0.2, 0) is 16.2 Å². The summed E-state index contributed by atoms with van der Waals surface area (Å²) in [4.78, 5) is 3.87. The molecule has 0 unspecified atom stereocenters. The smallest absolute Gasteiger partial charge is 0.435 e. The largest absolute Gasteiger partial charge is 0.451 e. The summed E-state index contributed by atoms with van der Waals surface area (Å²) in [6.07, 6.45) is -1.92. The molecule has 7 nitrogen and oxygen atoms in total. The number of hydrogen-bond acceptors (Lipinski definition) is 5. The number of nitrogens with zero attached hydrogens (tertiary/aromatic N) is 3. The molecule has 0 radical (unpaired) electrons. The highest BCUT2D eigenvalue weighted by atomic mass is 32.2. The van der Waals surface area contributed by atoms with Gasteiger partial charge in [0.2, 0.25) is 10.0 Å². The van der Waals surface area contributed by atoms with Crippen LogP contribution in [0.3, 0.4) is 0 Å². The lowest BCUT2D eigenvalue weighted by Crippen LogP contribution is -2.12. The Morgan fingerprint density at radius 2 is 1.60 bits per heavy atom. The summed E-state index contributed by atoms with van der Waals surface area (Å²) in [6, 6.07) is 12.7. The fourth-order valence-corrected chi connectivity index (χ4v) is 3.38. The maximum atomic E-state index is 13.3. The summed E-state index contributed by atoms with van der Waals surface area (Å²) in [5.74, 6) is 0. The molecule has 0 aliphatic carbocycles. The second kappa shape index (κ2) is 7.11. The summed E-state index contributed by atoms with van der Waals surface area (Å²) in [5.41, 5.74) is 1.14. The molecule has 0 aliphatic heterocycles. The van der Waals surface area contributed by atoms with Crippen molar-refractivity contribution in [2.24, 2.45) is 5.14 Å². The third-order valence-corrected chi connectivity index (χ3v) is 5.25. The number of rotatable bonds is 4. The van der Waals surface area contributed by atoms with Crippen molar-refractivity contribution in [3.8, 4) is 28.2 Å². The van der Waals surface area contributed by atoms with Gasteiger partial charge in [0, 0.05) is 11.1 Å². The van der Waals surface area contributed by atoms with Crippen LogP contribution in [0.5, 0.6) is 0 Å². The van der Waals surface area contributed by atoms with Gasteiger partial charge in [-0.05, 0) is 30.3 Å². The van der Waals surface area contributed by atoms with E-state index in [0.29, 0.717) is 11.3 Å². The van der Waals surface area contributed by atoms with E-state index in [4.69, 9.17) is 9.56 Å². The number of oxazole rings is 1. The first-order valence-corrected chi connectivity index (χ1v) is 9.97. The summed E-state index contributed by atoms with van der Waals surface area (Å²) in [7, 11) is -3.93. The Kier molecular flexibility index (Phi) is 4.71. The topological polar surface area (TPSA) is 104 Å². The predicted octanol–water partition coefficient (Wildman–Crippen LogP) is 3.86. The van der Waals surface area contributed by atoms with Crippen molar-refractivity contribution >= 4 is 10.0 Å². The Bertz CT molecular complexity index is 1280. The number of benzene rings is 2. The Morgan fingerprint density at radius 3 is 2.13 bits per heavy atom. The van der Waals surface area contributed by atoms with Crippen LogP contribution in [0.25, 0.3) is 28.2 Å². The van der Waals surface area contributed by atoms with Crippen LogP contribution < -0.4 is 5.14 Å². The Labute approximate surface area is 168 Å². The predicted molar refractivity (Wildman–Crippen MR) is 101 cm³/mol. The van der Waals surface area contributed by atoms with Crippen LogP contribution in [0.2, 0.25) is 0 Å². The van der Waals surface area contributed by atoms with Gasteiger partial charge in [0.05, 0.1) is 16.3 Å². The average molecular weight is 434 g/mol. The minimum Gasteiger partial charge on any atom is -0.451 e. The first-order chi connectivity index (χ1) is 14.1. The van der Waals surface area contributed by atoms with Crippen molar-refractivity contribution in [1.29, 1.82) is 0 Å². The molecule has 4 aromatic rings. The molecule has 0 fully saturated rings. The average Bonchev–Trinajstić information content (AvgIpc) is 3.37. The normalized spacial score (nSPS) is 12.3. The number of halogens is 3. The Balaban J connectivity index is 1.80. The second-order valence-electron chi connectivity index (χ2n) is 6.31. The van der Waals surface area contributed by atoms with Crippen molar-refractivity contribution in [2.45, 2.75) is 11.1 Å². The fourth-order valence-electron chi connectivity index (χ4n) is 2.87. The molecule has 0 spiro atoms. The minimum absolute atomic E-state index is 0.159. The van der Waals surface area contributed by atoms with E-state index in [1.54, 1.807) is 24.3 Å². The SMILES string of the molecule is NS(=O)(=O)c1ccc(-n2nc(C(F)(F)F)cc2-c2ccc(-c3cocn3)cc2)cc1. The molecule has 0 saturated heterocycles. The van der Waals surface area contributed by atoms with Crippen LogP contribution in [0, 0.1) is 0 Å². The Hall–Kier alpha value is -3.44. The zero-order valence-corrected chi connectivity index (χ0v) is 15.9. The summed E-state index contributed by atoms with van der Waals surface area (Å²) in [6.45, 7) is 0. The first-order valence-electron chi connectivity index (χ1n) is 8.42. The molecule has 0 saturated carbocycles. The molecular formula is C19H13F3N4O3S. The van der Waals surface area contributed by atoms with Crippen molar-refractivity contribution in [1.82, 2.24) is 14.8 Å². The lowest BCUT2D eigenvalue weighted by molar-refractivity contribution is -0.141. The molecular weight excluding hydrogens is 421 g/mol. The van der Waals surface area contributed by atoms with Gasteiger partial charge in [-0.3, -0.25) is 0 Å². The molecule has 2 N–H and O–H groups in total. The highest BCUT2D eigenvalue weighted by Crippen LogP contribution is 2.34. The summed E-state index contributed by atoms with van der Waals surface area (Å²) < 4.78 is 68.8. The Morgan fingerprint density at radius 1 is 0.967 bits per heavy atom. The van der Waals surface area contributed by atoms with E-state index in [-0.39, 0.29) is 16.3 Å². The van der Waals surface area contributed by atoms with Crippen molar-refractivity contribution in [3.63, 3.8) is 0 Å². The van der Waals surface area contributed by atoms with Crippen molar-refractivity contribution < 1.29 is 26.0 Å². The highest BCUT2D eigenvalue weighted by Gasteiger charge is 2.35. The number of primary sulfonamides is 1. The zero-order valence-electron chi connectivity index (χ0n) is 15.0. The standard InChI is InChI=1S/C19H13F3N4O3S/c20-19(21,22)18-9-17(13-3-1-12(2-4-13)16-10-29-11-24-16)26(25-18)14-5-7-15(8-6-14)30(23,27)28/h1-11H,(H2,23,27,28). The van der Waals surface area contributed by atoms with Gasteiger partial charge >= 0.3 is 6.18 Å². The third kappa shape index (κ3) is 3.84.